The van der Waals surface area contributed by atoms with Gasteiger partial charge in [0, 0.05) is 0 Å². The lowest BCUT2D eigenvalue weighted by molar-refractivity contribution is 0.841. The van der Waals surface area contributed by atoms with Crippen molar-refractivity contribution in [2.75, 3.05) is 5.01 Å². The summed E-state index contributed by atoms with van der Waals surface area (Å²) in [5.41, 5.74) is 3.22. The lowest BCUT2D eigenvalue weighted by atomic mass is 10.1. The van der Waals surface area contributed by atoms with Gasteiger partial charge in [-0.3, -0.25) is 0 Å². The minimum absolute atomic E-state index is 0.310. The minimum Gasteiger partial charge on any atom is -0.226 e. The number of nitroso groups, excluding NO2 is 1. The lowest BCUT2D eigenvalue weighted by Crippen LogP contribution is -2.17. The van der Waals surface area contributed by atoms with Crippen LogP contribution in [0.3, 0.4) is 0 Å². The van der Waals surface area contributed by atoms with E-state index in [1.807, 2.05) is 42.5 Å². The summed E-state index contributed by atoms with van der Waals surface area (Å²) in [6.07, 6.45) is 2.12. The van der Waals surface area contributed by atoms with Gasteiger partial charge < -0.3 is 0 Å². The molecule has 0 N–H and O–H groups in total. The van der Waals surface area contributed by atoms with E-state index in [4.69, 9.17) is 0 Å². The molecule has 1 fully saturated rings. The van der Waals surface area contributed by atoms with E-state index in [0.29, 0.717) is 6.04 Å². The van der Waals surface area contributed by atoms with E-state index in [1.54, 1.807) is 5.01 Å². The first kappa shape index (κ1) is 11.0. The van der Waals surface area contributed by atoms with E-state index in [0.717, 1.165) is 24.1 Å². The molecule has 0 atom stereocenters. The fourth-order valence-electron chi connectivity index (χ4n) is 2.08. The Labute approximate surface area is 106 Å². The smallest absolute Gasteiger partial charge is 0.0629 e. The van der Waals surface area contributed by atoms with Gasteiger partial charge in [0.1, 0.15) is 0 Å². The average molecular weight is 238 g/mol. The molecule has 0 heterocycles. The Morgan fingerprint density at radius 2 is 1.50 bits per heavy atom. The van der Waals surface area contributed by atoms with Crippen LogP contribution in [0.2, 0.25) is 0 Å². The van der Waals surface area contributed by atoms with Crippen LogP contribution in [0, 0.1) is 4.91 Å². The maximum Gasteiger partial charge on any atom is 0.0629 e. The molecule has 0 amide bonds. The third-order valence-electron chi connectivity index (χ3n) is 3.22. The van der Waals surface area contributed by atoms with Gasteiger partial charge in [0.15, 0.2) is 0 Å². The summed E-state index contributed by atoms with van der Waals surface area (Å²) in [6, 6.07) is 18.5. The molecule has 0 aromatic heterocycles. The molecular weight excluding hydrogens is 224 g/mol. The second kappa shape index (κ2) is 4.61. The van der Waals surface area contributed by atoms with Gasteiger partial charge in [0.25, 0.3) is 0 Å². The number of benzene rings is 2. The number of anilines is 1. The van der Waals surface area contributed by atoms with Crippen LogP contribution >= 0.6 is 0 Å². The zero-order valence-corrected chi connectivity index (χ0v) is 9.99. The SMILES string of the molecule is O=NN(c1ccc(-c2ccccc2)cc1)C1CC1. The quantitative estimate of drug-likeness (QED) is 0.595. The van der Waals surface area contributed by atoms with Crippen molar-refractivity contribution in [2.45, 2.75) is 18.9 Å². The predicted octanol–water partition coefficient (Wildman–Crippen LogP) is 4.00. The van der Waals surface area contributed by atoms with Crippen LogP contribution in [0.1, 0.15) is 12.8 Å². The second-order valence-corrected chi connectivity index (χ2v) is 4.57. The first-order valence-electron chi connectivity index (χ1n) is 6.16. The highest BCUT2D eigenvalue weighted by Gasteiger charge is 2.30. The Hall–Kier alpha value is -2.16. The summed E-state index contributed by atoms with van der Waals surface area (Å²) in [7, 11) is 0. The fourth-order valence-corrected chi connectivity index (χ4v) is 2.08. The van der Waals surface area contributed by atoms with Crippen molar-refractivity contribution >= 4 is 5.69 Å². The molecule has 3 heteroatoms. The summed E-state index contributed by atoms with van der Waals surface area (Å²) in [6.45, 7) is 0. The Bertz CT molecular complexity index is 532. The monoisotopic (exact) mass is 238 g/mol. The third-order valence-corrected chi connectivity index (χ3v) is 3.22. The number of hydrogen-bond acceptors (Lipinski definition) is 2. The molecular formula is C15H14N2O. The molecule has 1 saturated carbocycles. The molecule has 1 aliphatic rings. The molecule has 2 aromatic carbocycles. The van der Waals surface area contributed by atoms with Crippen molar-refractivity contribution in [3.63, 3.8) is 0 Å². The van der Waals surface area contributed by atoms with E-state index in [9.17, 15) is 4.91 Å². The van der Waals surface area contributed by atoms with Crippen LogP contribution in [-0.4, -0.2) is 6.04 Å². The summed E-state index contributed by atoms with van der Waals surface area (Å²) < 4.78 is 0. The Morgan fingerprint density at radius 1 is 0.889 bits per heavy atom. The van der Waals surface area contributed by atoms with E-state index < -0.39 is 0 Å². The number of nitrogens with zero attached hydrogens (tertiary/aromatic N) is 2. The Morgan fingerprint density at radius 3 is 2.06 bits per heavy atom. The van der Waals surface area contributed by atoms with Crippen LogP contribution in [0.25, 0.3) is 11.1 Å². The highest BCUT2D eigenvalue weighted by Crippen LogP contribution is 2.32. The van der Waals surface area contributed by atoms with Crippen molar-refractivity contribution < 1.29 is 0 Å². The Balaban J connectivity index is 1.86. The molecule has 0 saturated heterocycles. The van der Waals surface area contributed by atoms with Gasteiger partial charge in [0.05, 0.1) is 17.0 Å². The molecule has 3 rings (SSSR count). The van der Waals surface area contributed by atoms with Crippen LogP contribution in [0.5, 0.6) is 0 Å². The van der Waals surface area contributed by atoms with Crippen LogP contribution < -0.4 is 5.01 Å². The normalized spacial score (nSPS) is 14.2. The number of rotatable bonds is 4. The summed E-state index contributed by atoms with van der Waals surface area (Å²) in [5.74, 6) is 0. The third kappa shape index (κ3) is 2.12. The summed E-state index contributed by atoms with van der Waals surface area (Å²) in [4.78, 5) is 10.8. The van der Waals surface area contributed by atoms with Gasteiger partial charge in [0.2, 0.25) is 0 Å². The summed E-state index contributed by atoms with van der Waals surface area (Å²) >= 11 is 0. The minimum atomic E-state index is 0.310. The van der Waals surface area contributed by atoms with E-state index in [-0.39, 0.29) is 0 Å². The van der Waals surface area contributed by atoms with Crippen molar-refractivity contribution in [1.82, 2.24) is 0 Å². The van der Waals surface area contributed by atoms with E-state index in [2.05, 4.69) is 17.4 Å². The van der Waals surface area contributed by atoms with Crippen LogP contribution in [0.4, 0.5) is 5.69 Å². The molecule has 0 spiro atoms. The lowest BCUT2D eigenvalue weighted by Gasteiger charge is -2.14. The van der Waals surface area contributed by atoms with Crippen LogP contribution in [0.15, 0.2) is 59.9 Å². The van der Waals surface area contributed by atoms with Gasteiger partial charge in [-0.1, -0.05) is 42.5 Å². The standard InChI is InChI=1S/C15H14N2O/c18-16-17(15-10-11-15)14-8-6-13(7-9-14)12-4-2-1-3-5-12/h1-9,15H,10-11H2. The van der Waals surface area contributed by atoms with Gasteiger partial charge in [-0.15, -0.1) is 4.91 Å². The molecule has 3 nitrogen and oxygen atoms in total. The van der Waals surface area contributed by atoms with Crippen molar-refractivity contribution in [2.24, 2.45) is 5.29 Å². The molecule has 0 radical (unpaired) electrons. The fraction of sp³-hybridized carbons (Fsp3) is 0.200. The Kier molecular flexibility index (Phi) is 2.81. The highest BCUT2D eigenvalue weighted by molar-refractivity contribution is 5.66. The van der Waals surface area contributed by atoms with E-state index in [1.165, 1.54) is 5.56 Å². The van der Waals surface area contributed by atoms with Gasteiger partial charge in [-0.25, -0.2) is 5.01 Å². The maximum atomic E-state index is 10.8. The summed E-state index contributed by atoms with van der Waals surface area (Å²) in [5, 5.41) is 4.68. The number of hydrogen-bond donors (Lipinski definition) is 0. The molecule has 0 bridgehead atoms. The van der Waals surface area contributed by atoms with Crippen LogP contribution in [-0.2, 0) is 0 Å². The van der Waals surface area contributed by atoms with Gasteiger partial charge in [-0.05, 0) is 36.1 Å². The van der Waals surface area contributed by atoms with Gasteiger partial charge in [-0.2, -0.15) is 0 Å². The topological polar surface area (TPSA) is 32.7 Å². The predicted molar refractivity (Wildman–Crippen MR) is 73.2 cm³/mol. The van der Waals surface area contributed by atoms with E-state index >= 15 is 0 Å². The first-order valence-corrected chi connectivity index (χ1v) is 6.16. The zero-order chi connectivity index (χ0) is 12.4. The largest absolute Gasteiger partial charge is 0.226 e. The highest BCUT2D eigenvalue weighted by atomic mass is 16.3. The van der Waals surface area contributed by atoms with Crippen molar-refractivity contribution in [3.05, 3.63) is 59.5 Å². The van der Waals surface area contributed by atoms with Crippen molar-refractivity contribution in [3.8, 4) is 11.1 Å². The maximum absolute atomic E-state index is 10.8. The molecule has 2 aromatic rings. The molecule has 90 valence electrons. The molecule has 18 heavy (non-hydrogen) atoms. The first-order chi connectivity index (χ1) is 8.88. The molecule has 0 unspecified atom stereocenters. The molecule has 0 aliphatic heterocycles. The second-order valence-electron chi connectivity index (χ2n) is 4.57. The average Bonchev–Trinajstić information content (AvgIpc) is 3.26. The zero-order valence-electron chi connectivity index (χ0n) is 9.99. The molecule has 1 aliphatic carbocycles. The van der Waals surface area contributed by atoms with Crippen molar-refractivity contribution in [1.29, 1.82) is 0 Å². The van der Waals surface area contributed by atoms with Gasteiger partial charge >= 0.3 is 0 Å².